The van der Waals surface area contributed by atoms with Gasteiger partial charge in [0.05, 0.1) is 4.90 Å². The first-order valence-corrected chi connectivity index (χ1v) is 8.07. The monoisotopic (exact) mass is 329 g/mol. The molecule has 1 heterocycles. The van der Waals surface area contributed by atoms with E-state index in [1.54, 1.807) is 29.3 Å². The third-order valence-corrected chi connectivity index (χ3v) is 4.41. The van der Waals surface area contributed by atoms with Crippen LogP contribution in [-0.2, 0) is 4.79 Å². The van der Waals surface area contributed by atoms with E-state index in [2.05, 4.69) is 6.58 Å². The van der Waals surface area contributed by atoms with Crippen molar-refractivity contribution < 1.29 is 9.90 Å². The maximum atomic E-state index is 12.7. The van der Waals surface area contributed by atoms with Gasteiger partial charge < -0.3 is 9.67 Å². The van der Waals surface area contributed by atoms with Crippen molar-refractivity contribution in [1.82, 2.24) is 4.57 Å². The zero-order valence-electron chi connectivity index (χ0n) is 13.4. The molecule has 0 radical (unpaired) electrons. The summed E-state index contributed by atoms with van der Waals surface area (Å²) < 4.78 is 1.56. The average molecular weight is 329 g/mol. The van der Waals surface area contributed by atoms with Gasteiger partial charge in [-0.2, -0.15) is 0 Å². The Morgan fingerprint density at radius 3 is 2.57 bits per heavy atom. The van der Waals surface area contributed by atoms with Crippen molar-refractivity contribution in [2.75, 3.05) is 0 Å². The number of carboxylic acid groups (broad SMARTS) is 1. The molecule has 0 saturated carbocycles. The summed E-state index contributed by atoms with van der Waals surface area (Å²) in [5.41, 5.74) is 3.30. The lowest BCUT2D eigenvalue weighted by Gasteiger charge is -2.16. The summed E-state index contributed by atoms with van der Waals surface area (Å²) in [6.45, 7) is 9.16. The fraction of sp³-hybridized carbons (Fsp3) is 0.222. The van der Waals surface area contributed by atoms with E-state index in [4.69, 9.17) is 0 Å². The Hall–Kier alpha value is -2.27. The van der Waals surface area contributed by atoms with Crippen molar-refractivity contribution >= 4 is 17.7 Å². The van der Waals surface area contributed by atoms with Crippen molar-refractivity contribution in [2.45, 2.75) is 31.7 Å². The fourth-order valence-corrected chi connectivity index (χ4v) is 2.98. The molecule has 23 heavy (non-hydrogen) atoms. The van der Waals surface area contributed by atoms with Crippen LogP contribution >= 0.6 is 11.8 Å². The maximum Gasteiger partial charge on any atom is 0.326 e. The highest BCUT2D eigenvalue weighted by atomic mass is 32.2. The fourth-order valence-electron chi connectivity index (χ4n) is 2.40. The van der Waals surface area contributed by atoms with Crippen molar-refractivity contribution in [3.63, 3.8) is 0 Å². The molecule has 0 fully saturated rings. The highest BCUT2D eigenvalue weighted by Crippen LogP contribution is 2.25. The average Bonchev–Trinajstić information content (AvgIpc) is 2.49. The largest absolute Gasteiger partial charge is 0.480 e. The molecular weight excluding hydrogens is 310 g/mol. The number of rotatable bonds is 5. The summed E-state index contributed by atoms with van der Waals surface area (Å²) >= 11 is 1.20. The second-order valence-corrected chi connectivity index (χ2v) is 6.44. The second-order valence-electron chi connectivity index (χ2n) is 5.43. The Labute approximate surface area is 139 Å². The number of carbonyl (C=O) groups is 1. The topological polar surface area (TPSA) is 59.3 Å². The molecule has 120 valence electrons. The summed E-state index contributed by atoms with van der Waals surface area (Å²) in [5.74, 6) is -0.949. The van der Waals surface area contributed by atoms with Gasteiger partial charge in [0.15, 0.2) is 0 Å². The summed E-state index contributed by atoms with van der Waals surface area (Å²) in [6.07, 6.45) is 3.19. The molecule has 0 saturated heterocycles. The Morgan fingerprint density at radius 1 is 1.30 bits per heavy atom. The number of pyridine rings is 1. The predicted octanol–water partition coefficient (Wildman–Crippen LogP) is 4.01. The van der Waals surface area contributed by atoms with E-state index in [1.165, 1.54) is 11.8 Å². The van der Waals surface area contributed by atoms with Gasteiger partial charge in [-0.3, -0.25) is 4.79 Å². The van der Waals surface area contributed by atoms with Gasteiger partial charge in [-0.15, -0.1) is 0 Å². The van der Waals surface area contributed by atoms with Crippen molar-refractivity contribution in [3.8, 4) is 11.1 Å². The van der Waals surface area contributed by atoms with E-state index < -0.39 is 12.0 Å². The molecule has 2 aromatic rings. The molecule has 0 amide bonds. The number of hydrogen-bond acceptors (Lipinski definition) is 3. The van der Waals surface area contributed by atoms with Crippen LogP contribution in [0.3, 0.4) is 0 Å². The third kappa shape index (κ3) is 3.56. The van der Waals surface area contributed by atoms with Crippen LogP contribution in [0.1, 0.15) is 24.1 Å². The van der Waals surface area contributed by atoms with Crippen LogP contribution in [0.15, 0.2) is 52.3 Å². The van der Waals surface area contributed by atoms with E-state index in [0.717, 1.165) is 16.7 Å². The zero-order chi connectivity index (χ0) is 17.1. The quantitative estimate of drug-likeness (QED) is 0.842. The molecule has 0 bridgehead atoms. The number of aliphatic carboxylic acids is 1. The Bertz CT molecular complexity index is 824. The number of aromatic nitrogens is 1. The maximum absolute atomic E-state index is 12.7. The molecule has 0 spiro atoms. The number of thioether (sulfide) groups is 1. The van der Waals surface area contributed by atoms with Gasteiger partial charge >= 0.3 is 5.97 Å². The first-order chi connectivity index (χ1) is 10.8. The number of nitrogens with zero attached hydrogens (tertiary/aromatic N) is 1. The zero-order valence-corrected chi connectivity index (χ0v) is 14.2. The number of carboxylic acids is 1. The minimum Gasteiger partial charge on any atom is -0.480 e. The first kappa shape index (κ1) is 17.1. The molecule has 1 unspecified atom stereocenters. The van der Waals surface area contributed by atoms with E-state index >= 15 is 0 Å². The minimum atomic E-state index is -0.949. The molecular formula is C18H19NO3S. The smallest absolute Gasteiger partial charge is 0.326 e. The molecule has 0 aliphatic heterocycles. The van der Waals surface area contributed by atoms with E-state index in [1.807, 2.05) is 32.0 Å². The molecule has 1 N–H and O–H groups in total. The van der Waals surface area contributed by atoms with Gasteiger partial charge in [0.2, 0.25) is 5.43 Å². The first-order valence-electron chi connectivity index (χ1n) is 7.19. The Morgan fingerprint density at radius 2 is 2.00 bits per heavy atom. The summed E-state index contributed by atoms with van der Waals surface area (Å²) in [4.78, 5) is 24.5. The molecule has 1 aromatic heterocycles. The lowest BCUT2D eigenvalue weighted by molar-refractivity contribution is -0.140. The second kappa shape index (κ2) is 6.87. The molecule has 0 aliphatic rings. The van der Waals surface area contributed by atoms with Gasteiger partial charge in [-0.05, 0) is 37.3 Å². The summed E-state index contributed by atoms with van der Waals surface area (Å²) in [7, 11) is 0. The van der Waals surface area contributed by atoms with Gasteiger partial charge in [0, 0.05) is 18.0 Å². The SMILES string of the molecule is C=CSc1cn(C(C)C(=O)O)cc(-c2ccc(C)cc2C)c1=O. The van der Waals surface area contributed by atoms with Gasteiger partial charge in [0.25, 0.3) is 0 Å². The van der Waals surface area contributed by atoms with Crippen LogP contribution in [0.25, 0.3) is 11.1 Å². The number of hydrogen-bond donors (Lipinski definition) is 1. The Kier molecular flexibility index (Phi) is 5.11. The van der Waals surface area contributed by atoms with Gasteiger partial charge in [-0.1, -0.05) is 42.1 Å². The number of aryl methyl sites for hydroxylation is 2. The Balaban J connectivity index is 2.73. The van der Waals surface area contributed by atoms with Crippen LogP contribution in [-0.4, -0.2) is 15.6 Å². The van der Waals surface area contributed by atoms with Crippen molar-refractivity contribution in [2.24, 2.45) is 0 Å². The van der Waals surface area contributed by atoms with Crippen LogP contribution < -0.4 is 5.43 Å². The third-order valence-electron chi connectivity index (χ3n) is 3.70. The van der Waals surface area contributed by atoms with E-state index in [9.17, 15) is 14.7 Å². The molecule has 1 aromatic carbocycles. The van der Waals surface area contributed by atoms with Crippen LogP contribution in [0.5, 0.6) is 0 Å². The lowest BCUT2D eigenvalue weighted by atomic mass is 9.99. The molecule has 1 atom stereocenters. The summed E-state index contributed by atoms with van der Waals surface area (Å²) in [5, 5.41) is 10.8. The van der Waals surface area contributed by atoms with Crippen LogP contribution in [0, 0.1) is 13.8 Å². The summed E-state index contributed by atoms with van der Waals surface area (Å²) in [6, 6.07) is 5.09. The van der Waals surface area contributed by atoms with Crippen LogP contribution in [0.2, 0.25) is 0 Å². The molecule has 5 heteroatoms. The van der Waals surface area contributed by atoms with Gasteiger partial charge in [-0.25, -0.2) is 4.79 Å². The molecule has 2 rings (SSSR count). The minimum absolute atomic E-state index is 0.115. The van der Waals surface area contributed by atoms with Crippen molar-refractivity contribution in [1.29, 1.82) is 0 Å². The molecule has 4 nitrogen and oxygen atoms in total. The van der Waals surface area contributed by atoms with E-state index in [0.29, 0.717) is 10.5 Å². The van der Waals surface area contributed by atoms with Gasteiger partial charge in [0.1, 0.15) is 6.04 Å². The lowest BCUT2D eigenvalue weighted by Crippen LogP contribution is -2.20. The number of benzene rings is 1. The highest BCUT2D eigenvalue weighted by molar-refractivity contribution is 8.02. The van der Waals surface area contributed by atoms with Crippen molar-refractivity contribution in [3.05, 3.63) is 63.9 Å². The van der Waals surface area contributed by atoms with E-state index in [-0.39, 0.29) is 5.43 Å². The molecule has 0 aliphatic carbocycles. The predicted molar refractivity (Wildman–Crippen MR) is 94.0 cm³/mol. The standard InChI is InChI=1S/C18H19NO3S/c1-5-23-16-10-19(13(4)18(21)22)9-15(17(16)20)14-7-6-11(2)8-12(14)3/h5-10,13H,1H2,2-4H3,(H,21,22). The normalized spacial score (nSPS) is 12.0. The highest BCUT2D eigenvalue weighted by Gasteiger charge is 2.17. The van der Waals surface area contributed by atoms with Crippen LogP contribution in [0.4, 0.5) is 0 Å².